The van der Waals surface area contributed by atoms with Crippen LogP contribution in [0.4, 0.5) is 0 Å². The summed E-state index contributed by atoms with van der Waals surface area (Å²) in [5.74, 6) is -1.36. The van der Waals surface area contributed by atoms with Gasteiger partial charge in [-0.2, -0.15) is 0 Å². The van der Waals surface area contributed by atoms with Crippen molar-refractivity contribution in [3.8, 4) is 5.69 Å². The average molecular weight is 392 g/mol. The van der Waals surface area contributed by atoms with Crippen molar-refractivity contribution in [1.29, 1.82) is 0 Å². The number of rotatable bonds is 6. The molecule has 9 nitrogen and oxygen atoms in total. The number of carbonyl (C=O) groups excluding carboxylic acids is 2. The van der Waals surface area contributed by atoms with E-state index < -0.39 is 33.7 Å². The van der Waals surface area contributed by atoms with E-state index in [2.05, 4.69) is 15.6 Å². The maximum atomic E-state index is 12.5. The fourth-order valence-corrected chi connectivity index (χ4v) is 4.82. The van der Waals surface area contributed by atoms with Crippen molar-refractivity contribution in [2.24, 2.45) is 0 Å². The van der Waals surface area contributed by atoms with E-state index in [4.69, 9.17) is 5.11 Å². The molecular formula is C17H20N4O5S. The van der Waals surface area contributed by atoms with Crippen molar-refractivity contribution >= 4 is 21.7 Å². The molecule has 2 heterocycles. The minimum atomic E-state index is -3.37. The highest BCUT2D eigenvalue weighted by atomic mass is 32.2. The van der Waals surface area contributed by atoms with Gasteiger partial charge in [0.05, 0.1) is 36.5 Å². The monoisotopic (exact) mass is 392 g/mol. The van der Waals surface area contributed by atoms with E-state index in [1.54, 1.807) is 47.6 Å². The second-order valence-corrected chi connectivity index (χ2v) is 8.48. The summed E-state index contributed by atoms with van der Waals surface area (Å²) in [6.07, 6.45) is 4.94. The van der Waals surface area contributed by atoms with Gasteiger partial charge in [-0.15, -0.1) is 0 Å². The Hall–Kier alpha value is -2.72. The predicted molar refractivity (Wildman–Crippen MR) is 97.1 cm³/mol. The Morgan fingerprint density at radius 1 is 1.15 bits per heavy atom. The highest BCUT2D eigenvalue weighted by Crippen LogP contribution is 2.15. The Morgan fingerprint density at radius 3 is 2.41 bits per heavy atom. The maximum absolute atomic E-state index is 12.5. The first-order valence-electron chi connectivity index (χ1n) is 8.38. The molecular weight excluding hydrogens is 372 g/mol. The van der Waals surface area contributed by atoms with Crippen LogP contribution in [0, 0.1) is 0 Å². The van der Waals surface area contributed by atoms with Crippen LogP contribution in [0.3, 0.4) is 0 Å². The highest BCUT2D eigenvalue weighted by molar-refractivity contribution is 7.91. The second kappa shape index (κ2) is 7.89. The zero-order valence-electron chi connectivity index (χ0n) is 14.4. The van der Waals surface area contributed by atoms with Gasteiger partial charge in [-0.05, 0) is 24.3 Å². The predicted octanol–water partition coefficient (Wildman–Crippen LogP) is -0.734. The lowest BCUT2D eigenvalue weighted by molar-refractivity contribution is -0.122. The van der Waals surface area contributed by atoms with Gasteiger partial charge in [-0.1, -0.05) is 0 Å². The number of nitrogens with zero attached hydrogens (tertiary/aromatic N) is 2. The summed E-state index contributed by atoms with van der Waals surface area (Å²) in [7, 11) is -3.37. The summed E-state index contributed by atoms with van der Waals surface area (Å²) in [5, 5.41) is 14.1. The molecule has 0 bridgehead atoms. The van der Waals surface area contributed by atoms with Gasteiger partial charge < -0.3 is 20.3 Å². The molecule has 0 saturated carbocycles. The van der Waals surface area contributed by atoms with Gasteiger partial charge in [0.1, 0.15) is 0 Å². The Bertz CT molecular complexity index is 909. The van der Waals surface area contributed by atoms with Crippen LogP contribution in [0.2, 0.25) is 0 Å². The van der Waals surface area contributed by atoms with E-state index in [-0.39, 0.29) is 24.5 Å². The lowest BCUT2D eigenvalue weighted by atomic mass is 10.1. The minimum Gasteiger partial charge on any atom is -0.396 e. The number of carbonyl (C=O) groups is 2. The van der Waals surface area contributed by atoms with Crippen LogP contribution in [0.15, 0.2) is 43.0 Å². The summed E-state index contributed by atoms with van der Waals surface area (Å²) < 4.78 is 25.6. The standard InChI is InChI=1S/C17H20N4O5S/c22-8-5-16(23)19-14-9-27(25,26)10-15(14)20-17(24)12-1-3-13(4-2-12)21-7-6-18-11-21/h1-4,6-7,11,14-15,22H,5,8-10H2,(H,19,23)(H,20,24)/t14-,15+/m1/s1. The van der Waals surface area contributed by atoms with Crippen molar-refractivity contribution in [3.05, 3.63) is 48.5 Å². The molecule has 1 aliphatic heterocycles. The Balaban J connectivity index is 1.68. The molecule has 0 aliphatic carbocycles. The Kier molecular flexibility index (Phi) is 5.57. The van der Waals surface area contributed by atoms with Gasteiger partial charge >= 0.3 is 0 Å². The molecule has 2 atom stereocenters. The summed E-state index contributed by atoms with van der Waals surface area (Å²) in [5.41, 5.74) is 1.21. The lowest BCUT2D eigenvalue weighted by Crippen LogP contribution is -2.51. The molecule has 0 radical (unpaired) electrons. The van der Waals surface area contributed by atoms with Crippen LogP contribution in [0.1, 0.15) is 16.8 Å². The zero-order valence-corrected chi connectivity index (χ0v) is 15.2. The van der Waals surface area contributed by atoms with Gasteiger partial charge in [0.25, 0.3) is 5.91 Å². The van der Waals surface area contributed by atoms with Crippen molar-refractivity contribution in [3.63, 3.8) is 0 Å². The van der Waals surface area contributed by atoms with E-state index in [1.807, 2.05) is 0 Å². The van der Waals surface area contributed by atoms with Crippen LogP contribution in [-0.2, 0) is 14.6 Å². The third-order valence-corrected chi connectivity index (χ3v) is 6.02. The van der Waals surface area contributed by atoms with E-state index in [0.29, 0.717) is 5.56 Å². The summed E-state index contributed by atoms with van der Waals surface area (Å²) in [6.45, 7) is -0.328. The lowest BCUT2D eigenvalue weighted by Gasteiger charge is -2.20. The summed E-state index contributed by atoms with van der Waals surface area (Å²) >= 11 is 0. The Labute approximate surface area is 156 Å². The van der Waals surface area contributed by atoms with Gasteiger partial charge in [0.15, 0.2) is 9.84 Å². The first-order valence-corrected chi connectivity index (χ1v) is 10.2. The molecule has 0 unspecified atom stereocenters. The summed E-state index contributed by atoms with van der Waals surface area (Å²) in [4.78, 5) is 28.1. The molecule has 2 aromatic rings. The number of aromatic nitrogens is 2. The number of aliphatic hydroxyl groups is 1. The zero-order chi connectivity index (χ0) is 19.4. The van der Waals surface area contributed by atoms with E-state index in [1.165, 1.54) is 0 Å². The SMILES string of the molecule is O=C(CCO)N[C@@H]1CS(=O)(=O)C[C@@H]1NC(=O)c1ccc(-n2ccnc2)cc1. The number of hydrogen-bond donors (Lipinski definition) is 3. The van der Waals surface area contributed by atoms with Crippen molar-refractivity contribution in [2.45, 2.75) is 18.5 Å². The molecule has 1 aromatic heterocycles. The fourth-order valence-electron chi connectivity index (χ4n) is 2.96. The number of hydrogen-bond acceptors (Lipinski definition) is 6. The van der Waals surface area contributed by atoms with Crippen LogP contribution in [0.25, 0.3) is 5.69 Å². The van der Waals surface area contributed by atoms with E-state index in [0.717, 1.165) is 5.69 Å². The van der Waals surface area contributed by atoms with Crippen LogP contribution in [0.5, 0.6) is 0 Å². The first-order chi connectivity index (χ1) is 12.9. The molecule has 1 saturated heterocycles. The maximum Gasteiger partial charge on any atom is 0.251 e. The third kappa shape index (κ3) is 4.72. The van der Waals surface area contributed by atoms with Crippen LogP contribution >= 0.6 is 0 Å². The summed E-state index contributed by atoms with van der Waals surface area (Å²) in [6, 6.07) is 5.33. The number of amides is 2. The number of benzene rings is 1. The average Bonchev–Trinajstić information content (AvgIpc) is 3.23. The topological polar surface area (TPSA) is 130 Å². The number of aliphatic hydroxyl groups excluding tert-OH is 1. The second-order valence-electron chi connectivity index (χ2n) is 6.32. The third-order valence-electron chi connectivity index (χ3n) is 4.29. The molecule has 1 fully saturated rings. The molecule has 2 amide bonds. The van der Waals surface area contributed by atoms with Crippen molar-refractivity contribution in [2.75, 3.05) is 18.1 Å². The molecule has 144 valence electrons. The number of nitrogens with one attached hydrogen (secondary N) is 2. The molecule has 1 aliphatic rings. The van der Waals surface area contributed by atoms with Crippen LogP contribution < -0.4 is 10.6 Å². The molecule has 0 spiro atoms. The van der Waals surface area contributed by atoms with E-state index in [9.17, 15) is 18.0 Å². The van der Waals surface area contributed by atoms with Gasteiger partial charge in [-0.25, -0.2) is 13.4 Å². The van der Waals surface area contributed by atoms with Gasteiger partial charge in [0.2, 0.25) is 5.91 Å². The van der Waals surface area contributed by atoms with Crippen molar-refractivity contribution in [1.82, 2.24) is 20.2 Å². The molecule has 3 N–H and O–H groups in total. The number of imidazole rings is 1. The highest BCUT2D eigenvalue weighted by Gasteiger charge is 2.39. The number of sulfone groups is 1. The molecule has 1 aromatic carbocycles. The molecule has 10 heteroatoms. The van der Waals surface area contributed by atoms with Gasteiger partial charge in [-0.3, -0.25) is 9.59 Å². The van der Waals surface area contributed by atoms with Gasteiger partial charge in [0, 0.05) is 30.1 Å². The largest absolute Gasteiger partial charge is 0.396 e. The fraction of sp³-hybridized carbons (Fsp3) is 0.353. The molecule has 3 rings (SSSR count). The first kappa shape index (κ1) is 19.1. The minimum absolute atomic E-state index is 0.118. The Morgan fingerprint density at radius 2 is 1.81 bits per heavy atom. The quantitative estimate of drug-likeness (QED) is 0.594. The van der Waals surface area contributed by atoms with Crippen molar-refractivity contribution < 1.29 is 23.1 Å². The molecule has 27 heavy (non-hydrogen) atoms. The van der Waals surface area contributed by atoms with Crippen LogP contribution in [-0.4, -0.2) is 65.1 Å². The smallest absolute Gasteiger partial charge is 0.251 e. The normalized spacial score (nSPS) is 20.9. The van der Waals surface area contributed by atoms with E-state index >= 15 is 0 Å².